The minimum atomic E-state index is -0.279. The van der Waals surface area contributed by atoms with Crippen molar-refractivity contribution in [1.29, 1.82) is 0 Å². The van der Waals surface area contributed by atoms with Crippen LogP contribution < -0.4 is 10.6 Å². The highest BCUT2D eigenvalue weighted by Crippen LogP contribution is 2.08. The predicted octanol–water partition coefficient (Wildman–Crippen LogP) is 1.83. The first kappa shape index (κ1) is 14.5. The van der Waals surface area contributed by atoms with Gasteiger partial charge in [0.25, 0.3) is 0 Å². The minimum Gasteiger partial charge on any atom is -0.357 e. The van der Waals surface area contributed by atoms with Gasteiger partial charge in [-0.1, -0.05) is 13.3 Å². The Morgan fingerprint density at radius 2 is 2.17 bits per heavy atom. The van der Waals surface area contributed by atoms with E-state index in [1.54, 1.807) is 4.68 Å². The Bertz CT molecular complexity index is 380. The number of nitrogens with zero attached hydrogens (tertiary/aromatic N) is 2. The lowest BCUT2D eigenvalue weighted by Crippen LogP contribution is -2.42. The number of hydrogen-bond donors (Lipinski definition) is 2. The van der Waals surface area contributed by atoms with Crippen LogP contribution >= 0.6 is 0 Å². The van der Waals surface area contributed by atoms with Gasteiger partial charge in [0.1, 0.15) is 11.9 Å². The summed E-state index contributed by atoms with van der Waals surface area (Å²) >= 11 is 0. The lowest BCUT2D eigenvalue weighted by Gasteiger charge is -2.17. The molecule has 1 aromatic rings. The van der Waals surface area contributed by atoms with Crippen LogP contribution in [0.5, 0.6) is 0 Å². The van der Waals surface area contributed by atoms with Gasteiger partial charge in [-0.15, -0.1) is 0 Å². The predicted molar refractivity (Wildman–Crippen MR) is 73.5 cm³/mol. The molecule has 1 amide bonds. The molecule has 0 bridgehead atoms. The Labute approximate surface area is 109 Å². The summed E-state index contributed by atoms with van der Waals surface area (Å²) in [5.74, 6) is 0.750. The van der Waals surface area contributed by atoms with E-state index in [1.807, 2.05) is 33.9 Å². The fourth-order valence-corrected chi connectivity index (χ4v) is 1.79. The molecule has 5 heteroatoms. The molecule has 18 heavy (non-hydrogen) atoms. The van der Waals surface area contributed by atoms with Crippen molar-refractivity contribution >= 4 is 11.7 Å². The van der Waals surface area contributed by atoms with E-state index >= 15 is 0 Å². The molecule has 0 aliphatic heterocycles. The largest absolute Gasteiger partial charge is 0.357 e. The van der Waals surface area contributed by atoms with Gasteiger partial charge in [0.15, 0.2) is 0 Å². The molecule has 1 rings (SSSR count). The van der Waals surface area contributed by atoms with Gasteiger partial charge in [0.05, 0.1) is 0 Å². The molecule has 0 aliphatic carbocycles. The molecule has 0 radical (unpaired) electrons. The molecule has 2 atom stereocenters. The highest BCUT2D eigenvalue weighted by Gasteiger charge is 2.15. The molecule has 102 valence electrons. The minimum absolute atomic E-state index is 0.0132. The first-order chi connectivity index (χ1) is 8.43. The van der Waals surface area contributed by atoms with Gasteiger partial charge in [-0.05, 0) is 27.2 Å². The molecule has 0 spiro atoms. The summed E-state index contributed by atoms with van der Waals surface area (Å²) in [6.07, 6.45) is 2.07. The highest BCUT2D eigenvalue weighted by molar-refractivity contribution is 5.84. The number of carbonyl (C=O) groups is 1. The van der Waals surface area contributed by atoms with Crippen molar-refractivity contribution < 1.29 is 4.79 Å². The molecule has 0 saturated carbocycles. The van der Waals surface area contributed by atoms with E-state index in [1.165, 1.54) is 0 Å². The topological polar surface area (TPSA) is 59.0 Å². The lowest BCUT2D eigenvalue weighted by atomic mass is 10.2. The number of carbonyl (C=O) groups excluding carboxylic acids is 1. The molecule has 0 fully saturated rings. The van der Waals surface area contributed by atoms with Crippen LogP contribution in [0.3, 0.4) is 0 Å². The van der Waals surface area contributed by atoms with Crippen LogP contribution in [-0.4, -0.2) is 27.8 Å². The van der Waals surface area contributed by atoms with E-state index in [-0.39, 0.29) is 18.0 Å². The Hall–Kier alpha value is -1.52. The lowest BCUT2D eigenvalue weighted by molar-refractivity contribution is -0.122. The van der Waals surface area contributed by atoms with Crippen molar-refractivity contribution in [2.24, 2.45) is 7.05 Å². The van der Waals surface area contributed by atoms with Gasteiger partial charge in [-0.3, -0.25) is 9.48 Å². The molecule has 0 saturated heterocycles. The SMILES string of the molecule is CCCC(C)NC(=O)C(C)Nc1cc(C)n(C)n1. The second-order valence-corrected chi connectivity index (χ2v) is 4.86. The van der Waals surface area contributed by atoms with Crippen molar-refractivity contribution in [3.8, 4) is 0 Å². The van der Waals surface area contributed by atoms with Crippen molar-refractivity contribution in [3.05, 3.63) is 11.8 Å². The van der Waals surface area contributed by atoms with Gasteiger partial charge >= 0.3 is 0 Å². The summed E-state index contributed by atoms with van der Waals surface area (Å²) in [4.78, 5) is 11.9. The standard InChI is InChI=1S/C13H24N4O/c1-6-7-9(2)14-13(18)11(4)15-12-8-10(3)17(5)16-12/h8-9,11H,6-7H2,1-5H3,(H,14,18)(H,15,16). The monoisotopic (exact) mass is 252 g/mol. The Morgan fingerprint density at radius 3 is 2.67 bits per heavy atom. The van der Waals surface area contributed by atoms with Crippen molar-refractivity contribution in [2.45, 2.75) is 52.6 Å². The van der Waals surface area contributed by atoms with E-state index in [2.05, 4.69) is 22.7 Å². The zero-order chi connectivity index (χ0) is 13.7. The van der Waals surface area contributed by atoms with Crippen LogP contribution in [0.2, 0.25) is 0 Å². The third kappa shape index (κ3) is 4.05. The van der Waals surface area contributed by atoms with Crippen LogP contribution in [0, 0.1) is 6.92 Å². The number of aromatic nitrogens is 2. The van der Waals surface area contributed by atoms with Crippen LogP contribution in [0.15, 0.2) is 6.07 Å². The number of hydrogen-bond acceptors (Lipinski definition) is 3. The highest BCUT2D eigenvalue weighted by atomic mass is 16.2. The quantitative estimate of drug-likeness (QED) is 0.812. The summed E-state index contributed by atoms with van der Waals surface area (Å²) in [5.41, 5.74) is 1.06. The Morgan fingerprint density at radius 1 is 1.50 bits per heavy atom. The van der Waals surface area contributed by atoms with Gasteiger partial charge in [0, 0.05) is 24.8 Å². The first-order valence-electron chi connectivity index (χ1n) is 6.51. The molecule has 0 aliphatic rings. The maximum Gasteiger partial charge on any atom is 0.242 e. The van der Waals surface area contributed by atoms with Crippen LogP contribution in [-0.2, 0) is 11.8 Å². The number of amides is 1. The normalized spacial score (nSPS) is 14.1. The van der Waals surface area contributed by atoms with Gasteiger partial charge in [0.2, 0.25) is 5.91 Å². The molecule has 2 unspecified atom stereocenters. The third-order valence-corrected chi connectivity index (χ3v) is 2.98. The number of anilines is 1. The number of aryl methyl sites for hydroxylation is 2. The molecule has 0 aromatic carbocycles. The smallest absolute Gasteiger partial charge is 0.242 e. The first-order valence-corrected chi connectivity index (χ1v) is 6.51. The van der Waals surface area contributed by atoms with E-state index in [4.69, 9.17) is 0 Å². The summed E-state index contributed by atoms with van der Waals surface area (Å²) in [7, 11) is 1.88. The molecular weight excluding hydrogens is 228 g/mol. The zero-order valence-corrected chi connectivity index (χ0v) is 11.9. The van der Waals surface area contributed by atoms with Crippen molar-refractivity contribution in [3.63, 3.8) is 0 Å². The second-order valence-electron chi connectivity index (χ2n) is 4.86. The van der Waals surface area contributed by atoms with E-state index in [0.29, 0.717) is 0 Å². The summed E-state index contributed by atoms with van der Waals surface area (Å²) in [5, 5.41) is 10.4. The van der Waals surface area contributed by atoms with E-state index in [9.17, 15) is 4.79 Å². The maximum absolute atomic E-state index is 11.9. The molecule has 2 N–H and O–H groups in total. The zero-order valence-electron chi connectivity index (χ0n) is 11.9. The van der Waals surface area contributed by atoms with Crippen LogP contribution in [0.1, 0.15) is 39.3 Å². The van der Waals surface area contributed by atoms with Crippen molar-refractivity contribution in [2.75, 3.05) is 5.32 Å². The molecule has 1 heterocycles. The van der Waals surface area contributed by atoms with Gasteiger partial charge in [-0.2, -0.15) is 5.10 Å². The average Bonchev–Trinajstić information content (AvgIpc) is 2.58. The van der Waals surface area contributed by atoms with Gasteiger partial charge in [-0.25, -0.2) is 0 Å². The third-order valence-electron chi connectivity index (χ3n) is 2.98. The van der Waals surface area contributed by atoms with Gasteiger partial charge < -0.3 is 10.6 Å². The second kappa shape index (κ2) is 6.42. The fraction of sp³-hybridized carbons (Fsp3) is 0.692. The van der Waals surface area contributed by atoms with E-state index in [0.717, 1.165) is 24.4 Å². The van der Waals surface area contributed by atoms with Crippen LogP contribution in [0.25, 0.3) is 0 Å². The summed E-state index contributed by atoms with van der Waals surface area (Å²) in [6, 6.07) is 1.87. The van der Waals surface area contributed by atoms with E-state index < -0.39 is 0 Å². The molecular formula is C13H24N4O. The number of nitrogens with one attached hydrogen (secondary N) is 2. The van der Waals surface area contributed by atoms with Crippen molar-refractivity contribution in [1.82, 2.24) is 15.1 Å². The van der Waals surface area contributed by atoms with Crippen LogP contribution in [0.4, 0.5) is 5.82 Å². The maximum atomic E-state index is 11.9. The number of rotatable bonds is 6. The average molecular weight is 252 g/mol. The molecule has 1 aromatic heterocycles. The Balaban J connectivity index is 2.49. The summed E-state index contributed by atoms with van der Waals surface area (Å²) in [6.45, 7) is 7.96. The summed E-state index contributed by atoms with van der Waals surface area (Å²) < 4.78 is 1.78. The molecule has 5 nitrogen and oxygen atoms in total. The fourth-order valence-electron chi connectivity index (χ4n) is 1.79. The Kier molecular flexibility index (Phi) is 5.19.